The van der Waals surface area contributed by atoms with Gasteiger partial charge in [0, 0.05) is 23.5 Å². The van der Waals surface area contributed by atoms with Gasteiger partial charge in [0.15, 0.2) is 0 Å². The Morgan fingerprint density at radius 1 is 1.00 bits per heavy atom. The molecule has 1 aromatic heterocycles. The first-order valence-corrected chi connectivity index (χ1v) is 8.67. The molecule has 0 fully saturated rings. The Morgan fingerprint density at radius 3 is 2.48 bits per heavy atom. The number of nitrogens with one attached hydrogen (secondary N) is 2. The summed E-state index contributed by atoms with van der Waals surface area (Å²) in [6.07, 6.45) is 1.73. The maximum absolute atomic E-state index is 6.17. The molecule has 2 aromatic carbocycles. The first-order chi connectivity index (χ1) is 12.1. The topological polar surface area (TPSA) is 49.8 Å². The van der Waals surface area contributed by atoms with Crippen LogP contribution in [0.1, 0.15) is 30.9 Å². The lowest BCUT2D eigenvalue weighted by Gasteiger charge is -2.10. The second-order valence-corrected chi connectivity index (χ2v) is 6.52. The van der Waals surface area contributed by atoms with Crippen molar-refractivity contribution >= 4 is 29.1 Å². The summed E-state index contributed by atoms with van der Waals surface area (Å²) < 4.78 is 0. The molecule has 0 spiro atoms. The Hall–Kier alpha value is -2.59. The van der Waals surface area contributed by atoms with E-state index in [1.165, 1.54) is 5.56 Å². The Balaban J connectivity index is 1.66. The quantitative estimate of drug-likeness (QED) is 0.605. The third-order valence-corrected chi connectivity index (χ3v) is 4.27. The van der Waals surface area contributed by atoms with E-state index in [0.717, 1.165) is 22.1 Å². The van der Waals surface area contributed by atoms with E-state index in [2.05, 4.69) is 58.7 Å². The third-order valence-electron chi connectivity index (χ3n) is 3.90. The van der Waals surface area contributed by atoms with Gasteiger partial charge in [-0.1, -0.05) is 55.8 Å². The Labute approximate surface area is 153 Å². The largest absolute Gasteiger partial charge is 0.350 e. The summed E-state index contributed by atoms with van der Waals surface area (Å²) >= 11 is 6.17. The number of anilines is 3. The van der Waals surface area contributed by atoms with Crippen molar-refractivity contribution in [1.29, 1.82) is 0 Å². The molecule has 0 saturated carbocycles. The van der Waals surface area contributed by atoms with Crippen LogP contribution in [0.5, 0.6) is 0 Å². The van der Waals surface area contributed by atoms with Gasteiger partial charge in [-0.25, -0.2) is 4.98 Å². The van der Waals surface area contributed by atoms with E-state index < -0.39 is 0 Å². The van der Waals surface area contributed by atoms with Crippen LogP contribution in [0.25, 0.3) is 0 Å². The van der Waals surface area contributed by atoms with E-state index in [1.807, 2.05) is 30.3 Å². The Kier molecular flexibility index (Phi) is 5.51. The number of hydrogen-bond donors (Lipinski definition) is 2. The van der Waals surface area contributed by atoms with Gasteiger partial charge in [-0.15, -0.1) is 0 Å². The summed E-state index contributed by atoms with van der Waals surface area (Å²) in [6.45, 7) is 4.94. The predicted octanol–water partition coefficient (Wildman–Crippen LogP) is 5.61. The van der Waals surface area contributed by atoms with Crippen LogP contribution in [0.15, 0.2) is 60.8 Å². The molecule has 0 aliphatic rings. The van der Waals surface area contributed by atoms with Crippen molar-refractivity contribution in [3.8, 4) is 0 Å². The third kappa shape index (κ3) is 4.70. The number of hydrogen-bond acceptors (Lipinski definition) is 4. The van der Waals surface area contributed by atoms with Gasteiger partial charge in [0.05, 0.1) is 0 Å². The first-order valence-electron chi connectivity index (χ1n) is 8.29. The van der Waals surface area contributed by atoms with E-state index in [1.54, 1.807) is 6.20 Å². The van der Waals surface area contributed by atoms with Crippen molar-refractivity contribution < 1.29 is 0 Å². The van der Waals surface area contributed by atoms with Gasteiger partial charge >= 0.3 is 0 Å². The molecule has 0 atom stereocenters. The van der Waals surface area contributed by atoms with E-state index in [-0.39, 0.29) is 0 Å². The van der Waals surface area contributed by atoms with Gasteiger partial charge in [-0.3, -0.25) is 0 Å². The fourth-order valence-corrected chi connectivity index (χ4v) is 2.63. The molecule has 3 rings (SSSR count). The zero-order chi connectivity index (χ0) is 17.6. The van der Waals surface area contributed by atoms with E-state index >= 15 is 0 Å². The second-order valence-electron chi connectivity index (χ2n) is 6.11. The number of nitrogens with zero attached hydrogens (tertiary/aromatic N) is 2. The van der Waals surface area contributed by atoms with Gasteiger partial charge in [-0.05, 0) is 41.3 Å². The minimum absolute atomic E-state index is 0.522. The molecule has 5 heteroatoms. The van der Waals surface area contributed by atoms with Crippen LogP contribution in [0.4, 0.5) is 17.5 Å². The highest BCUT2D eigenvalue weighted by Crippen LogP contribution is 2.20. The number of rotatable bonds is 6. The highest BCUT2D eigenvalue weighted by molar-refractivity contribution is 6.31. The maximum atomic E-state index is 6.17. The summed E-state index contributed by atoms with van der Waals surface area (Å²) in [7, 11) is 0. The number of aromatic nitrogens is 2. The average Bonchev–Trinajstić information content (AvgIpc) is 2.62. The van der Waals surface area contributed by atoms with Crippen LogP contribution in [-0.2, 0) is 6.54 Å². The summed E-state index contributed by atoms with van der Waals surface area (Å²) in [4.78, 5) is 8.75. The molecule has 3 aromatic rings. The summed E-state index contributed by atoms with van der Waals surface area (Å²) in [5.74, 6) is 1.83. The Morgan fingerprint density at radius 2 is 1.76 bits per heavy atom. The van der Waals surface area contributed by atoms with Gasteiger partial charge < -0.3 is 10.6 Å². The van der Waals surface area contributed by atoms with E-state index in [0.29, 0.717) is 18.4 Å². The average molecular weight is 353 g/mol. The molecule has 4 nitrogen and oxygen atoms in total. The standard InChI is InChI=1S/C20H21ClN4/c1-14(2)15-7-9-17(10-8-15)24-19-11-12-22-20(25-19)23-13-16-5-3-4-6-18(16)21/h3-12,14H,13H2,1-2H3,(H2,22,23,24,25). The monoisotopic (exact) mass is 352 g/mol. The molecule has 25 heavy (non-hydrogen) atoms. The van der Waals surface area contributed by atoms with Crippen molar-refractivity contribution in [2.24, 2.45) is 0 Å². The Bertz CT molecular complexity index is 831. The fraction of sp³-hybridized carbons (Fsp3) is 0.200. The minimum atomic E-state index is 0.522. The van der Waals surface area contributed by atoms with Crippen LogP contribution in [-0.4, -0.2) is 9.97 Å². The van der Waals surface area contributed by atoms with E-state index in [4.69, 9.17) is 11.6 Å². The van der Waals surface area contributed by atoms with Crippen LogP contribution in [0.2, 0.25) is 5.02 Å². The highest BCUT2D eigenvalue weighted by atomic mass is 35.5. The molecule has 0 aliphatic carbocycles. The zero-order valence-corrected chi connectivity index (χ0v) is 15.1. The lowest BCUT2D eigenvalue weighted by Crippen LogP contribution is -2.05. The van der Waals surface area contributed by atoms with Crippen molar-refractivity contribution in [2.75, 3.05) is 10.6 Å². The van der Waals surface area contributed by atoms with Gasteiger partial charge in [-0.2, -0.15) is 4.98 Å². The molecular formula is C20H21ClN4. The summed E-state index contributed by atoms with van der Waals surface area (Å²) in [6, 6.07) is 18.0. The van der Waals surface area contributed by atoms with Gasteiger partial charge in [0.1, 0.15) is 5.82 Å². The molecule has 0 unspecified atom stereocenters. The van der Waals surface area contributed by atoms with Crippen LogP contribution >= 0.6 is 11.6 Å². The molecular weight excluding hydrogens is 332 g/mol. The molecule has 128 valence electrons. The SMILES string of the molecule is CC(C)c1ccc(Nc2ccnc(NCc3ccccc3Cl)n2)cc1. The normalized spacial score (nSPS) is 10.7. The van der Waals surface area contributed by atoms with E-state index in [9.17, 15) is 0 Å². The predicted molar refractivity (Wildman–Crippen MR) is 105 cm³/mol. The molecule has 0 radical (unpaired) electrons. The number of halogens is 1. The van der Waals surface area contributed by atoms with Gasteiger partial charge in [0.25, 0.3) is 0 Å². The molecule has 2 N–H and O–H groups in total. The second kappa shape index (κ2) is 7.99. The first kappa shape index (κ1) is 17.2. The highest BCUT2D eigenvalue weighted by Gasteiger charge is 2.03. The van der Waals surface area contributed by atoms with Crippen molar-refractivity contribution in [3.05, 3.63) is 76.9 Å². The van der Waals surface area contributed by atoms with Crippen LogP contribution in [0, 0.1) is 0 Å². The molecule has 0 bridgehead atoms. The lowest BCUT2D eigenvalue weighted by atomic mass is 10.0. The minimum Gasteiger partial charge on any atom is -0.350 e. The summed E-state index contributed by atoms with van der Waals surface area (Å²) in [5, 5.41) is 7.24. The lowest BCUT2D eigenvalue weighted by molar-refractivity contribution is 0.867. The van der Waals surface area contributed by atoms with Crippen LogP contribution in [0.3, 0.4) is 0 Å². The molecule has 0 aliphatic heterocycles. The fourth-order valence-electron chi connectivity index (χ4n) is 2.43. The maximum Gasteiger partial charge on any atom is 0.224 e. The summed E-state index contributed by atoms with van der Waals surface area (Å²) in [5.41, 5.74) is 3.32. The van der Waals surface area contributed by atoms with Crippen molar-refractivity contribution in [2.45, 2.75) is 26.3 Å². The molecule has 0 amide bonds. The number of benzene rings is 2. The van der Waals surface area contributed by atoms with Crippen molar-refractivity contribution in [3.63, 3.8) is 0 Å². The zero-order valence-electron chi connectivity index (χ0n) is 14.3. The molecule has 0 saturated heterocycles. The molecule has 1 heterocycles. The smallest absolute Gasteiger partial charge is 0.224 e. The van der Waals surface area contributed by atoms with Gasteiger partial charge in [0.2, 0.25) is 5.95 Å². The van der Waals surface area contributed by atoms with Crippen LogP contribution < -0.4 is 10.6 Å². The van der Waals surface area contributed by atoms with Crippen molar-refractivity contribution in [1.82, 2.24) is 9.97 Å².